The highest BCUT2D eigenvalue weighted by Gasteiger charge is 2.54. The second-order valence-corrected chi connectivity index (χ2v) is 9.54. The summed E-state index contributed by atoms with van der Waals surface area (Å²) < 4.78 is 5.37. The van der Waals surface area contributed by atoms with Crippen molar-refractivity contribution in [2.75, 3.05) is 0 Å². The molecule has 2 aliphatic rings. The van der Waals surface area contributed by atoms with E-state index in [4.69, 9.17) is 4.74 Å². The van der Waals surface area contributed by atoms with E-state index in [1.165, 1.54) is 4.90 Å². The number of carbonyl (C=O) groups excluding carboxylic acids is 2. The molecule has 0 spiro atoms. The van der Waals surface area contributed by atoms with Crippen LogP contribution >= 0.6 is 0 Å². The van der Waals surface area contributed by atoms with E-state index in [0.717, 1.165) is 0 Å². The van der Waals surface area contributed by atoms with Crippen LogP contribution in [0.5, 0.6) is 0 Å². The lowest BCUT2D eigenvalue weighted by molar-refractivity contribution is -0.140. The largest absolute Gasteiger partial charge is 0.481 e. The number of aliphatic carboxylic acids is 1. The van der Waals surface area contributed by atoms with Crippen LogP contribution in [0.25, 0.3) is 0 Å². The van der Waals surface area contributed by atoms with Crippen LogP contribution in [0, 0.1) is 11.8 Å². The van der Waals surface area contributed by atoms with Crippen LogP contribution < -0.4 is 5.32 Å². The zero-order valence-corrected chi connectivity index (χ0v) is 19.3. The minimum Gasteiger partial charge on any atom is -0.481 e. The van der Waals surface area contributed by atoms with Gasteiger partial charge in [0.1, 0.15) is 5.60 Å². The molecule has 1 saturated carbocycles. The molecule has 2 heterocycles. The first-order chi connectivity index (χ1) is 15.0. The average Bonchev–Trinajstić information content (AvgIpc) is 3.50. The minimum absolute atomic E-state index is 0.101. The van der Waals surface area contributed by atoms with Crippen molar-refractivity contribution in [3.05, 3.63) is 30.1 Å². The molecule has 1 unspecified atom stereocenters. The van der Waals surface area contributed by atoms with Crippen LogP contribution in [-0.2, 0) is 14.3 Å². The zero-order valence-electron chi connectivity index (χ0n) is 19.3. The number of hydrogen-bond acceptors (Lipinski definition) is 5. The summed E-state index contributed by atoms with van der Waals surface area (Å²) in [5.41, 5.74) is -0.581. The third kappa shape index (κ3) is 5.08. The maximum atomic E-state index is 13.5. The number of aliphatic imine (C=N–C) groups is 1. The number of guanidine groups is 1. The Morgan fingerprint density at radius 2 is 2.06 bits per heavy atom. The van der Waals surface area contributed by atoms with Crippen molar-refractivity contribution >= 4 is 23.9 Å². The fourth-order valence-corrected chi connectivity index (χ4v) is 4.24. The minimum atomic E-state index is -0.900. The number of pyridine rings is 1. The van der Waals surface area contributed by atoms with Crippen LogP contribution in [0.3, 0.4) is 0 Å². The first-order valence-corrected chi connectivity index (χ1v) is 11.0. The van der Waals surface area contributed by atoms with Crippen molar-refractivity contribution < 1.29 is 24.2 Å². The molecular weight excluding hydrogens is 412 g/mol. The van der Waals surface area contributed by atoms with Gasteiger partial charge in [-0.1, -0.05) is 19.9 Å². The summed E-state index contributed by atoms with van der Waals surface area (Å²) in [6.45, 7) is 9.18. The van der Waals surface area contributed by atoms with Crippen molar-refractivity contribution in [1.82, 2.24) is 15.2 Å². The Morgan fingerprint density at radius 1 is 1.38 bits per heavy atom. The van der Waals surface area contributed by atoms with E-state index in [1.54, 1.807) is 39.2 Å². The molecule has 2 N–H and O–H groups in total. The molecule has 1 aromatic heterocycles. The monoisotopic (exact) mass is 444 g/mol. The summed E-state index contributed by atoms with van der Waals surface area (Å²) in [4.78, 5) is 47.5. The topological polar surface area (TPSA) is 121 Å². The third-order valence-corrected chi connectivity index (χ3v) is 6.17. The lowest BCUT2D eigenvalue weighted by Crippen LogP contribution is -2.63. The van der Waals surface area contributed by atoms with Gasteiger partial charge < -0.3 is 15.2 Å². The zero-order chi connectivity index (χ0) is 23.7. The SMILES string of the molecule is CCC1(CC)CC(=O)N(C(c2cccnc2)[C@@H]2C[C@H]2C(=O)O)/C(=N/C(=O)OC(C)(C)C)N1. The highest BCUT2D eigenvalue weighted by molar-refractivity contribution is 6.04. The van der Waals surface area contributed by atoms with E-state index in [0.29, 0.717) is 24.8 Å². The van der Waals surface area contributed by atoms with Gasteiger partial charge in [0.2, 0.25) is 11.9 Å². The molecule has 3 atom stereocenters. The van der Waals surface area contributed by atoms with E-state index in [1.807, 2.05) is 19.9 Å². The van der Waals surface area contributed by atoms with Gasteiger partial charge >= 0.3 is 12.1 Å². The molecule has 0 bridgehead atoms. The van der Waals surface area contributed by atoms with Crippen LogP contribution in [0.15, 0.2) is 29.5 Å². The molecule has 1 saturated heterocycles. The molecule has 9 heteroatoms. The molecule has 3 rings (SSSR count). The smallest absolute Gasteiger partial charge is 0.437 e. The summed E-state index contributed by atoms with van der Waals surface area (Å²) in [5.74, 6) is -1.88. The quantitative estimate of drug-likeness (QED) is 0.688. The van der Waals surface area contributed by atoms with Gasteiger partial charge in [0, 0.05) is 17.9 Å². The molecule has 1 aliphatic carbocycles. The Morgan fingerprint density at radius 3 is 2.56 bits per heavy atom. The number of carboxylic acids is 1. The van der Waals surface area contributed by atoms with E-state index in [-0.39, 0.29) is 24.2 Å². The Hall–Kier alpha value is -2.97. The molecular formula is C23H32N4O5. The summed E-state index contributed by atoms with van der Waals surface area (Å²) in [6, 6.07) is 2.96. The predicted octanol–water partition coefficient (Wildman–Crippen LogP) is 3.52. The maximum absolute atomic E-state index is 13.5. The number of carbonyl (C=O) groups is 3. The molecule has 9 nitrogen and oxygen atoms in total. The Bertz CT molecular complexity index is 905. The molecule has 0 aromatic carbocycles. The predicted molar refractivity (Wildman–Crippen MR) is 118 cm³/mol. The molecule has 1 aromatic rings. The van der Waals surface area contributed by atoms with E-state index in [2.05, 4.69) is 15.3 Å². The summed E-state index contributed by atoms with van der Waals surface area (Å²) in [6.07, 6.45) is 4.41. The van der Waals surface area contributed by atoms with E-state index in [9.17, 15) is 19.5 Å². The lowest BCUT2D eigenvalue weighted by atomic mass is 9.85. The third-order valence-electron chi connectivity index (χ3n) is 6.17. The van der Waals surface area contributed by atoms with Crippen molar-refractivity contribution in [3.63, 3.8) is 0 Å². The van der Waals surface area contributed by atoms with Crippen LogP contribution in [0.2, 0.25) is 0 Å². The van der Waals surface area contributed by atoms with Crippen molar-refractivity contribution in [2.24, 2.45) is 16.8 Å². The van der Waals surface area contributed by atoms with Gasteiger partial charge in [-0.25, -0.2) is 4.79 Å². The van der Waals surface area contributed by atoms with Gasteiger partial charge in [-0.05, 0) is 57.6 Å². The molecule has 0 radical (unpaired) electrons. The van der Waals surface area contributed by atoms with Crippen molar-refractivity contribution in [1.29, 1.82) is 0 Å². The summed E-state index contributed by atoms with van der Waals surface area (Å²) in [7, 11) is 0. The van der Waals surface area contributed by atoms with Crippen LogP contribution in [-0.4, -0.2) is 50.1 Å². The Balaban J connectivity index is 2.06. The number of nitrogens with one attached hydrogen (secondary N) is 1. The Labute approximate surface area is 188 Å². The van der Waals surface area contributed by atoms with Gasteiger partial charge in [0.05, 0.1) is 18.4 Å². The standard InChI is InChI=1S/C23H32N4O5/c1-6-23(7-2)12-17(28)27(20(26-23)25-21(31)32-22(3,4)5)18(14-9-8-10-24-13-14)15-11-16(15)19(29)30/h8-10,13,15-16,18H,6-7,11-12H2,1-5H3,(H,29,30)(H,25,26,31)/t15-,16-,18?/m1/s1. The van der Waals surface area contributed by atoms with E-state index < -0.39 is 35.2 Å². The van der Waals surface area contributed by atoms with Gasteiger partial charge in [-0.15, -0.1) is 4.99 Å². The number of ether oxygens (including phenoxy) is 1. The average molecular weight is 445 g/mol. The van der Waals surface area contributed by atoms with E-state index >= 15 is 0 Å². The Kier molecular flexibility index (Phi) is 6.57. The number of nitrogens with zero attached hydrogens (tertiary/aromatic N) is 3. The molecule has 32 heavy (non-hydrogen) atoms. The van der Waals surface area contributed by atoms with Crippen molar-refractivity contribution in [2.45, 2.75) is 77.5 Å². The van der Waals surface area contributed by atoms with Crippen LogP contribution in [0.4, 0.5) is 4.79 Å². The lowest BCUT2D eigenvalue weighted by Gasteiger charge is -2.45. The summed E-state index contributed by atoms with van der Waals surface area (Å²) in [5, 5.41) is 12.9. The van der Waals surface area contributed by atoms with Gasteiger partial charge in [-0.3, -0.25) is 19.5 Å². The van der Waals surface area contributed by atoms with Gasteiger partial charge in [0.25, 0.3) is 0 Å². The maximum Gasteiger partial charge on any atom is 0.437 e. The van der Waals surface area contributed by atoms with Crippen LogP contribution in [0.1, 0.15) is 71.9 Å². The number of hydrogen-bond donors (Lipinski definition) is 2. The second kappa shape index (κ2) is 8.88. The molecule has 2 amide bonds. The van der Waals surface area contributed by atoms with Crippen molar-refractivity contribution in [3.8, 4) is 0 Å². The highest BCUT2D eigenvalue weighted by Crippen LogP contribution is 2.51. The number of rotatable bonds is 6. The van der Waals surface area contributed by atoms with Gasteiger partial charge in [0.15, 0.2) is 0 Å². The number of amides is 2. The second-order valence-electron chi connectivity index (χ2n) is 9.54. The molecule has 2 fully saturated rings. The molecule has 174 valence electrons. The number of carboxylic acid groups (broad SMARTS) is 1. The van der Waals surface area contributed by atoms with Gasteiger partial charge in [-0.2, -0.15) is 0 Å². The first kappa shape index (κ1) is 23.7. The normalized spacial score (nSPS) is 24.6. The summed E-state index contributed by atoms with van der Waals surface area (Å²) >= 11 is 0. The first-order valence-electron chi connectivity index (χ1n) is 11.0. The highest BCUT2D eigenvalue weighted by atomic mass is 16.6. The molecule has 1 aliphatic heterocycles. The number of aromatic nitrogens is 1. The fraction of sp³-hybridized carbons (Fsp3) is 0.609. The fourth-order valence-electron chi connectivity index (χ4n) is 4.24.